The summed E-state index contributed by atoms with van der Waals surface area (Å²) < 4.78 is 0. The largest absolute Gasteiger partial charge is 0.507 e. The molecule has 0 radical (unpaired) electrons. The van der Waals surface area contributed by atoms with Crippen LogP contribution in [-0.4, -0.2) is 5.11 Å². The molecule has 1 heteroatoms. The second-order valence-electron chi connectivity index (χ2n) is 14.2. The minimum atomic E-state index is 0.404. The maximum Gasteiger partial charge on any atom is 0.127 e. The second kappa shape index (κ2) is 16.0. The van der Waals surface area contributed by atoms with Crippen molar-refractivity contribution in [1.29, 1.82) is 0 Å². The van der Waals surface area contributed by atoms with Gasteiger partial charge in [-0.2, -0.15) is 0 Å². The molecule has 0 bridgehead atoms. The third-order valence-electron chi connectivity index (χ3n) is 10.6. The Morgan fingerprint density at radius 2 is 0.566 bits per heavy atom. The van der Waals surface area contributed by atoms with Crippen molar-refractivity contribution in [3.63, 3.8) is 0 Å². The van der Waals surface area contributed by atoms with E-state index < -0.39 is 0 Å². The van der Waals surface area contributed by atoms with Gasteiger partial charge in [0.1, 0.15) is 5.75 Å². The monoisotopic (exact) mass is 684 g/mol. The summed E-state index contributed by atoms with van der Waals surface area (Å²) in [5.74, 6) is 0.404. The summed E-state index contributed by atoms with van der Waals surface area (Å²) in [6.07, 6.45) is 4.53. The summed E-state index contributed by atoms with van der Waals surface area (Å²) in [6, 6.07) is 67.1. The number of phenolic OH excluding ortho intramolecular Hbond substituents is 1. The number of aromatic hydroxyl groups is 1. The number of hydrogen-bond donors (Lipinski definition) is 1. The van der Waals surface area contributed by atoms with Crippen molar-refractivity contribution in [2.45, 2.75) is 38.5 Å². The third-order valence-corrected chi connectivity index (χ3v) is 10.6. The van der Waals surface area contributed by atoms with Gasteiger partial charge in [0, 0.05) is 17.4 Å². The summed E-state index contributed by atoms with van der Waals surface area (Å²) in [5.41, 5.74) is 15.0. The zero-order valence-electron chi connectivity index (χ0n) is 30.1. The second-order valence-corrected chi connectivity index (χ2v) is 14.2. The molecule has 0 unspecified atom stereocenters. The van der Waals surface area contributed by atoms with Gasteiger partial charge in [-0.25, -0.2) is 0 Å². The molecular weight excluding hydrogens is 641 g/mol. The lowest BCUT2D eigenvalue weighted by atomic mass is 9.78. The normalized spacial score (nSPS) is 11.2. The summed E-state index contributed by atoms with van der Waals surface area (Å²) in [6.45, 7) is 0. The molecular formula is C52H44O. The molecule has 0 saturated heterocycles. The molecule has 8 aromatic carbocycles. The highest BCUT2D eigenvalue weighted by atomic mass is 16.3. The Bertz CT molecular complexity index is 2350. The molecule has 0 aliphatic rings. The molecule has 0 amide bonds. The average molecular weight is 685 g/mol. The van der Waals surface area contributed by atoms with Gasteiger partial charge in [-0.05, 0) is 105 Å². The SMILES string of the molecule is Oc1c(Cc2ccccc2)c(Cc2ccccc2)c(Cc2ccccc2)c2c(Cc3ccccc3)c(Cc3ccccc3)c(Cc3ccccc3)cc12. The summed E-state index contributed by atoms with van der Waals surface area (Å²) >= 11 is 0. The highest BCUT2D eigenvalue weighted by Gasteiger charge is 2.26. The van der Waals surface area contributed by atoms with Crippen LogP contribution < -0.4 is 0 Å². The van der Waals surface area contributed by atoms with Crippen LogP contribution in [0.3, 0.4) is 0 Å². The minimum absolute atomic E-state index is 0.404. The molecule has 258 valence electrons. The highest BCUT2D eigenvalue weighted by Crippen LogP contribution is 2.44. The van der Waals surface area contributed by atoms with Crippen molar-refractivity contribution in [3.05, 3.63) is 255 Å². The van der Waals surface area contributed by atoms with Gasteiger partial charge in [0.05, 0.1) is 0 Å². The molecule has 0 aliphatic carbocycles. The van der Waals surface area contributed by atoms with E-state index in [1.807, 2.05) is 0 Å². The topological polar surface area (TPSA) is 20.2 Å². The van der Waals surface area contributed by atoms with Crippen LogP contribution in [0.25, 0.3) is 10.8 Å². The molecule has 0 spiro atoms. The van der Waals surface area contributed by atoms with E-state index in [1.54, 1.807) is 0 Å². The standard InChI is InChI=1S/C52H44O/c53-52-49(36-43-29-17-6-18-30-43)46(33-40-23-11-3-12-24-40)48(35-42-27-15-5-16-28-42)51-47(34-41-25-13-4-14-26-41)45(32-39-21-9-2-10-22-39)44(37-50(51)52)31-38-19-7-1-8-20-38/h1-30,37,53H,31-36H2. The molecule has 0 aromatic heterocycles. The van der Waals surface area contributed by atoms with Gasteiger partial charge in [-0.15, -0.1) is 0 Å². The van der Waals surface area contributed by atoms with Crippen molar-refractivity contribution < 1.29 is 5.11 Å². The first-order chi connectivity index (χ1) is 26.2. The predicted octanol–water partition coefficient (Wildman–Crippen LogP) is 12.1. The van der Waals surface area contributed by atoms with Crippen molar-refractivity contribution in [1.82, 2.24) is 0 Å². The summed E-state index contributed by atoms with van der Waals surface area (Å²) in [7, 11) is 0. The number of phenols is 1. The first-order valence-corrected chi connectivity index (χ1v) is 18.8. The van der Waals surface area contributed by atoms with E-state index in [4.69, 9.17) is 0 Å². The van der Waals surface area contributed by atoms with Crippen LogP contribution >= 0.6 is 0 Å². The fourth-order valence-corrected chi connectivity index (χ4v) is 8.00. The molecule has 0 saturated carbocycles. The molecule has 8 rings (SSSR count). The molecule has 1 nitrogen and oxygen atoms in total. The Kier molecular flexibility index (Phi) is 10.3. The number of rotatable bonds is 12. The van der Waals surface area contributed by atoms with E-state index in [0.717, 1.165) is 43.1 Å². The zero-order chi connectivity index (χ0) is 35.8. The van der Waals surface area contributed by atoms with Crippen LogP contribution in [0, 0.1) is 0 Å². The molecule has 53 heavy (non-hydrogen) atoms. The van der Waals surface area contributed by atoms with E-state index in [1.165, 1.54) is 66.6 Å². The summed E-state index contributed by atoms with van der Waals surface area (Å²) in [4.78, 5) is 0. The quantitative estimate of drug-likeness (QED) is 0.136. The highest BCUT2D eigenvalue weighted by molar-refractivity contribution is 5.98. The number of benzene rings is 8. The third kappa shape index (κ3) is 7.86. The maximum absolute atomic E-state index is 12.8. The fraction of sp³-hybridized carbons (Fsp3) is 0.115. The van der Waals surface area contributed by atoms with Gasteiger partial charge in [0.25, 0.3) is 0 Å². The Morgan fingerprint density at radius 1 is 0.283 bits per heavy atom. The van der Waals surface area contributed by atoms with Crippen molar-refractivity contribution >= 4 is 10.8 Å². The number of hydrogen-bond acceptors (Lipinski definition) is 1. The lowest BCUT2D eigenvalue weighted by Gasteiger charge is -2.26. The zero-order valence-corrected chi connectivity index (χ0v) is 30.1. The molecule has 0 heterocycles. The smallest absolute Gasteiger partial charge is 0.127 e. The minimum Gasteiger partial charge on any atom is -0.507 e. The predicted molar refractivity (Wildman–Crippen MR) is 221 cm³/mol. The Hall–Kier alpha value is -6.18. The van der Waals surface area contributed by atoms with Gasteiger partial charge in [-0.3, -0.25) is 0 Å². The van der Waals surface area contributed by atoms with Crippen molar-refractivity contribution in [2.75, 3.05) is 0 Å². The van der Waals surface area contributed by atoms with Gasteiger partial charge >= 0.3 is 0 Å². The molecule has 8 aromatic rings. The molecule has 0 aliphatic heterocycles. The van der Waals surface area contributed by atoms with Gasteiger partial charge in [-0.1, -0.05) is 182 Å². The Labute approximate surface area is 313 Å². The van der Waals surface area contributed by atoms with Crippen molar-refractivity contribution in [3.8, 4) is 5.75 Å². The van der Waals surface area contributed by atoms with E-state index in [9.17, 15) is 5.11 Å². The van der Waals surface area contributed by atoms with E-state index in [0.29, 0.717) is 12.2 Å². The van der Waals surface area contributed by atoms with E-state index >= 15 is 0 Å². The molecule has 0 atom stereocenters. The molecule has 0 fully saturated rings. The van der Waals surface area contributed by atoms with Gasteiger partial charge in [0.15, 0.2) is 0 Å². The van der Waals surface area contributed by atoms with Crippen LogP contribution in [0.1, 0.15) is 66.8 Å². The van der Waals surface area contributed by atoms with Gasteiger partial charge in [0.2, 0.25) is 0 Å². The Balaban J connectivity index is 1.49. The maximum atomic E-state index is 12.8. The average Bonchev–Trinajstić information content (AvgIpc) is 3.21. The molecule has 1 N–H and O–H groups in total. The lowest BCUT2D eigenvalue weighted by Crippen LogP contribution is -2.11. The fourth-order valence-electron chi connectivity index (χ4n) is 8.00. The lowest BCUT2D eigenvalue weighted by molar-refractivity contribution is 0.474. The van der Waals surface area contributed by atoms with Crippen LogP contribution in [-0.2, 0) is 38.5 Å². The summed E-state index contributed by atoms with van der Waals surface area (Å²) in [5, 5.41) is 15.0. The van der Waals surface area contributed by atoms with E-state index in [2.05, 4.69) is 188 Å². The number of fused-ring (bicyclic) bond motifs is 1. The van der Waals surface area contributed by atoms with Crippen LogP contribution in [0.4, 0.5) is 0 Å². The van der Waals surface area contributed by atoms with Crippen molar-refractivity contribution in [2.24, 2.45) is 0 Å². The van der Waals surface area contributed by atoms with Crippen LogP contribution in [0.5, 0.6) is 5.75 Å². The first kappa shape index (κ1) is 33.9. The van der Waals surface area contributed by atoms with E-state index in [-0.39, 0.29) is 0 Å². The Morgan fingerprint density at radius 3 is 0.943 bits per heavy atom. The van der Waals surface area contributed by atoms with Gasteiger partial charge < -0.3 is 5.11 Å². The van der Waals surface area contributed by atoms with Crippen LogP contribution in [0.15, 0.2) is 188 Å². The first-order valence-electron chi connectivity index (χ1n) is 18.8. The van der Waals surface area contributed by atoms with Crippen LogP contribution in [0.2, 0.25) is 0 Å².